The highest BCUT2D eigenvalue weighted by molar-refractivity contribution is 7.13. The molecule has 1 fully saturated rings. The van der Waals surface area contributed by atoms with Gasteiger partial charge in [-0.05, 0) is 31.6 Å². The fourth-order valence-corrected chi connectivity index (χ4v) is 1.76. The minimum atomic E-state index is 0.784. The Kier molecular flexibility index (Phi) is 2.94. The maximum atomic E-state index is 3.24. The Morgan fingerprint density at radius 2 is 1.78 bits per heavy atom. The van der Waals surface area contributed by atoms with E-state index in [0.717, 1.165) is 12.0 Å². The first-order chi connectivity index (χ1) is 4.33. The highest BCUT2D eigenvalue weighted by Gasteiger charge is 2.15. The SMILES string of the molecule is CC1CCC(NP)CC1. The van der Waals surface area contributed by atoms with E-state index >= 15 is 0 Å². The molecule has 0 radical (unpaired) electrons. The summed E-state index contributed by atoms with van der Waals surface area (Å²) in [5, 5.41) is 3.24. The van der Waals surface area contributed by atoms with Crippen molar-refractivity contribution in [3.8, 4) is 0 Å². The van der Waals surface area contributed by atoms with Crippen molar-refractivity contribution in [2.75, 3.05) is 0 Å². The third-order valence-corrected chi connectivity index (χ3v) is 2.72. The fourth-order valence-electron chi connectivity index (χ4n) is 1.43. The van der Waals surface area contributed by atoms with Gasteiger partial charge in [-0.2, -0.15) is 0 Å². The van der Waals surface area contributed by atoms with Crippen LogP contribution in [0.25, 0.3) is 0 Å². The Morgan fingerprint density at radius 3 is 2.22 bits per heavy atom. The normalized spacial score (nSPS) is 36.7. The molecule has 2 heteroatoms. The lowest BCUT2D eigenvalue weighted by atomic mass is 9.88. The molecule has 0 saturated heterocycles. The van der Waals surface area contributed by atoms with Crippen LogP contribution < -0.4 is 5.09 Å². The molecule has 0 aromatic heterocycles. The second-order valence-corrected chi connectivity index (χ2v) is 3.46. The molecule has 1 aliphatic rings. The average Bonchev–Trinajstić information content (AvgIpc) is 1.90. The van der Waals surface area contributed by atoms with Gasteiger partial charge >= 0.3 is 0 Å². The van der Waals surface area contributed by atoms with Crippen LogP contribution in [0.2, 0.25) is 0 Å². The van der Waals surface area contributed by atoms with E-state index < -0.39 is 0 Å². The van der Waals surface area contributed by atoms with Crippen LogP contribution in [-0.4, -0.2) is 6.04 Å². The third kappa shape index (κ3) is 2.23. The molecule has 9 heavy (non-hydrogen) atoms. The Balaban J connectivity index is 2.18. The zero-order valence-corrected chi connectivity index (χ0v) is 7.22. The van der Waals surface area contributed by atoms with Gasteiger partial charge in [0.1, 0.15) is 0 Å². The molecule has 1 atom stereocenters. The van der Waals surface area contributed by atoms with E-state index in [1.807, 2.05) is 0 Å². The predicted molar refractivity (Wildman–Crippen MR) is 44.3 cm³/mol. The van der Waals surface area contributed by atoms with E-state index in [4.69, 9.17) is 0 Å². The van der Waals surface area contributed by atoms with E-state index in [0.29, 0.717) is 0 Å². The molecule has 0 heterocycles. The molecular formula is C7H16NP. The Morgan fingerprint density at radius 1 is 1.22 bits per heavy atom. The first kappa shape index (κ1) is 7.50. The third-order valence-electron chi connectivity index (χ3n) is 2.25. The van der Waals surface area contributed by atoms with Crippen molar-refractivity contribution in [2.45, 2.75) is 38.6 Å². The van der Waals surface area contributed by atoms with Crippen LogP contribution in [0.5, 0.6) is 0 Å². The Labute approximate surface area is 59.9 Å². The summed E-state index contributed by atoms with van der Waals surface area (Å²) in [4.78, 5) is 0. The van der Waals surface area contributed by atoms with Gasteiger partial charge in [0.2, 0.25) is 0 Å². The lowest BCUT2D eigenvalue weighted by molar-refractivity contribution is 0.337. The van der Waals surface area contributed by atoms with Crippen LogP contribution in [0.15, 0.2) is 0 Å². The molecule has 0 aromatic carbocycles. The van der Waals surface area contributed by atoms with Gasteiger partial charge in [-0.3, -0.25) is 5.09 Å². The molecule has 1 unspecified atom stereocenters. The van der Waals surface area contributed by atoms with Gasteiger partial charge in [-0.25, -0.2) is 0 Å². The van der Waals surface area contributed by atoms with Crippen molar-refractivity contribution in [1.82, 2.24) is 5.09 Å². The topological polar surface area (TPSA) is 12.0 Å². The first-order valence-corrected chi connectivity index (χ1v) is 4.37. The number of nitrogens with one attached hydrogen (secondary N) is 1. The molecule has 1 N–H and O–H groups in total. The van der Waals surface area contributed by atoms with Crippen LogP contribution in [0, 0.1) is 5.92 Å². The van der Waals surface area contributed by atoms with Gasteiger partial charge in [0.25, 0.3) is 0 Å². The minimum absolute atomic E-state index is 0.784. The molecule has 0 aromatic rings. The molecule has 0 aliphatic heterocycles. The van der Waals surface area contributed by atoms with Crippen molar-refractivity contribution in [3.63, 3.8) is 0 Å². The van der Waals surface area contributed by atoms with Crippen molar-refractivity contribution >= 4 is 9.39 Å². The summed E-state index contributed by atoms with van der Waals surface area (Å²) in [5.41, 5.74) is 0. The van der Waals surface area contributed by atoms with E-state index in [-0.39, 0.29) is 0 Å². The highest BCUT2D eigenvalue weighted by atomic mass is 31.0. The molecular weight excluding hydrogens is 129 g/mol. The van der Waals surface area contributed by atoms with Gasteiger partial charge in [0.05, 0.1) is 0 Å². The summed E-state index contributed by atoms with van der Waals surface area (Å²) in [6, 6.07) is 0.784. The molecule has 0 amide bonds. The van der Waals surface area contributed by atoms with Gasteiger partial charge < -0.3 is 0 Å². The molecule has 0 spiro atoms. The maximum absolute atomic E-state index is 3.24. The minimum Gasteiger partial charge on any atom is -0.298 e. The quantitative estimate of drug-likeness (QED) is 0.556. The monoisotopic (exact) mass is 145 g/mol. The molecule has 1 saturated carbocycles. The van der Waals surface area contributed by atoms with Crippen molar-refractivity contribution in [1.29, 1.82) is 0 Å². The summed E-state index contributed by atoms with van der Waals surface area (Å²) in [6.07, 6.45) is 5.55. The second-order valence-electron chi connectivity index (χ2n) is 3.12. The Bertz CT molecular complexity index is 77.0. The van der Waals surface area contributed by atoms with Crippen LogP contribution >= 0.6 is 9.39 Å². The van der Waals surface area contributed by atoms with Crippen LogP contribution in [0.4, 0.5) is 0 Å². The van der Waals surface area contributed by atoms with Gasteiger partial charge in [-0.15, -0.1) is 0 Å². The highest BCUT2D eigenvalue weighted by Crippen LogP contribution is 2.23. The second kappa shape index (κ2) is 3.53. The Hall–Kier alpha value is 0.390. The van der Waals surface area contributed by atoms with Crippen molar-refractivity contribution < 1.29 is 0 Å². The van der Waals surface area contributed by atoms with E-state index in [9.17, 15) is 0 Å². The van der Waals surface area contributed by atoms with Crippen LogP contribution in [0.3, 0.4) is 0 Å². The number of rotatable bonds is 1. The fraction of sp³-hybridized carbons (Fsp3) is 1.00. The largest absolute Gasteiger partial charge is 0.298 e. The molecule has 1 nitrogen and oxygen atoms in total. The maximum Gasteiger partial charge on any atom is 0.00990 e. The van der Waals surface area contributed by atoms with Crippen molar-refractivity contribution in [2.24, 2.45) is 5.92 Å². The summed E-state index contributed by atoms with van der Waals surface area (Å²) >= 11 is 0. The van der Waals surface area contributed by atoms with Crippen LogP contribution in [-0.2, 0) is 0 Å². The molecule has 1 aliphatic carbocycles. The average molecular weight is 145 g/mol. The summed E-state index contributed by atoms with van der Waals surface area (Å²) in [6.45, 7) is 2.35. The lowest BCUT2D eigenvalue weighted by Gasteiger charge is -2.25. The van der Waals surface area contributed by atoms with Gasteiger partial charge in [-0.1, -0.05) is 16.3 Å². The summed E-state index contributed by atoms with van der Waals surface area (Å²) in [5.74, 6) is 0.972. The molecule has 54 valence electrons. The molecule has 0 bridgehead atoms. The zero-order valence-electron chi connectivity index (χ0n) is 6.06. The number of hydrogen-bond acceptors (Lipinski definition) is 1. The standard InChI is InChI=1S/C7H16NP/c1-6-2-4-7(8-9)5-3-6/h6-8H,2-5,9H2,1H3. The smallest absolute Gasteiger partial charge is 0.00990 e. The summed E-state index contributed by atoms with van der Waals surface area (Å²) in [7, 11) is 2.61. The number of hydrogen-bond donors (Lipinski definition) is 1. The van der Waals surface area contributed by atoms with Gasteiger partial charge in [0.15, 0.2) is 0 Å². The van der Waals surface area contributed by atoms with E-state index in [2.05, 4.69) is 21.4 Å². The lowest BCUT2D eigenvalue weighted by Crippen LogP contribution is -2.25. The zero-order chi connectivity index (χ0) is 6.69. The van der Waals surface area contributed by atoms with Gasteiger partial charge in [0, 0.05) is 6.04 Å². The predicted octanol–water partition coefficient (Wildman–Crippen LogP) is 1.94. The van der Waals surface area contributed by atoms with Crippen molar-refractivity contribution in [3.05, 3.63) is 0 Å². The first-order valence-electron chi connectivity index (χ1n) is 3.79. The van der Waals surface area contributed by atoms with E-state index in [1.165, 1.54) is 25.7 Å². The summed E-state index contributed by atoms with van der Waals surface area (Å²) < 4.78 is 0. The van der Waals surface area contributed by atoms with Crippen LogP contribution in [0.1, 0.15) is 32.6 Å². The van der Waals surface area contributed by atoms with E-state index in [1.54, 1.807) is 0 Å². The molecule has 1 rings (SSSR count).